The lowest BCUT2D eigenvalue weighted by atomic mass is 9.99. The van der Waals surface area contributed by atoms with Gasteiger partial charge in [-0.1, -0.05) is 71.3 Å². The van der Waals surface area contributed by atoms with Crippen LogP contribution in [0, 0.1) is 0 Å². The van der Waals surface area contributed by atoms with Crippen molar-refractivity contribution in [1.29, 1.82) is 0 Å². The average Bonchev–Trinajstić information content (AvgIpc) is 2.36. The molecule has 0 aromatic carbocycles. The van der Waals surface area contributed by atoms with E-state index in [1.165, 1.54) is 38.5 Å². The molecule has 0 saturated heterocycles. The van der Waals surface area contributed by atoms with Crippen LogP contribution in [0.25, 0.3) is 0 Å². The summed E-state index contributed by atoms with van der Waals surface area (Å²) >= 11 is 0. The molecule has 0 atom stereocenters. The van der Waals surface area contributed by atoms with Crippen LogP contribution in [-0.2, 0) is 0 Å². The van der Waals surface area contributed by atoms with Gasteiger partial charge in [-0.15, -0.1) is 0 Å². The van der Waals surface area contributed by atoms with Crippen molar-refractivity contribution in [2.24, 2.45) is 0 Å². The summed E-state index contributed by atoms with van der Waals surface area (Å²) in [5.74, 6) is 0. The lowest BCUT2D eigenvalue weighted by Crippen LogP contribution is -1.87. The smallest absolute Gasteiger partial charge is 0.0282 e. The van der Waals surface area contributed by atoms with Crippen molar-refractivity contribution < 1.29 is 0 Å². The first-order valence-electron chi connectivity index (χ1n) is 6.78. The molecule has 0 N–H and O–H groups in total. The topological polar surface area (TPSA) is 0 Å². The predicted octanol–water partition coefficient (Wildman–Crippen LogP) is 5.90. The van der Waals surface area contributed by atoms with Crippen LogP contribution in [0.5, 0.6) is 0 Å². The molecule has 0 aromatic heterocycles. The standard InChI is InChI=1S/C11H18.2C2H6/c1-2-3-5-8-11-9-6-4-7-10-11;2*1-2/h4,6,9H,2-3,5,7-8,10H2,1H3;2*1-2H3. The molecule has 0 aliphatic heterocycles. The number of hydrogen-bond acceptors (Lipinski definition) is 0. The maximum atomic E-state index is 2.29. The largest absolute Gasteiger partial charge is 0.0842 e. The molecule has 0 heteroatoms. The molecule has 0 bridgehead atoms. The lowest BCUT2D eigenvalue weighted by Gasteiger charge is -2.07. The van der Waals surface area contributed by atoms with Gasteiger partial charge in [0, 0.05) is 0 Å². The molecule has 0 radical (unpaired) electrons. The fourth-order valence-corrected chi connectivity index (χ4v) is 1.46. The maximum Gasteiger partial charge on any atom is -0.0282 e. The molecule has 90 valence electrons. The Bertz CT molecular complexity index is 151. The Morgan fingerprint density at radius 3 is 2.20 bits per heavy atom. The summed E-state index contributed by atoms with van der Waals surface area (Å²) in [5, 5.41) is 0. The van der Waals surface area contributed by atoms with E-state index in [2.05, 4.69) is 25.2 Å². The van der Waals surface area contributed by atoms with Crippen LogP contribution in [-0.4, -0.2) is 0 Å². The van der Waals surface area contributed by atoms with E-state index in [1.54, 1.807) is 5.57 Å². The van der Waals surface area contributed by atoms with Gasteiger partial charge in [0.05, 0.1) is 0 Å². The van der Waals surface area contributed by atoms with E-state index in [1.807, 2.05) is 27.7 Å². The molecule has 0 aromatic rings. The second kappa shape index (κ2) is 15.9. The van der Waals surface area contributed by atoms with Gasteiger partial charge in [0.2, 0.25) is 0 Å². The fraction of sp³-hybridized carbons (Fsp3) is 0.733. The van der Waals surface area contributed by atoms with E-state index in [0.29, 0.717) is 0 Å². The third-order valence-corrected chi connectivity index (χ3v) is 2.20. The van der Waals surface area contributed by atoms with Crippen molar-refractivity contribution in [3.05, 3.63) is 23.8 Å². The molecule has 0 heterocycles. The zero-order valence-electron chi connectivity index (χ0n) is 11.5. The molecule has 0 amide bonds. The number of unbranched alkanes of at least 4 members (excludes halogenated alkanes) is 2. The summed E-state index contributed by atoms with van der Waals surface area (Å²) in [6.07, 6.45) is 14.8. The normalized spacial score (nSPS) is 13.0. The highest BCUT2D eigenvalue weighted by molar-refractivity contribution is 5.17. The molecule has 1 aliphatic rings. The first-order valence-corrected chi connectivity index (χ1v) is 6.78. The van der Waals surface area contributed by atoms with Crippen LogP contribution in [0.4, 0.5) is 0 Å². The van der Waals surface area contributed by atoms with Crippen molar-refractivity contribution in [2.75, 3.05) is 0 Å². The van der Waals surface area contributed by atoms with Gasteiger partial charge >= 0.3 is 0 Å². The van der Waals surface area contributed by atoms with Gasteiger partial charge in [-0.05, 0) is 25.7 Å². The highest BCUT2D eigenvalue weighted by atomic mass is 14.0. The Balaban J connectivity index is 0. The molecule has 0 fully saturated rings. The van der Waals surface area contributed by atoms with Crippen LogP contribution in [0.1, 0.15) is 73.1 Å². The van der Waals surface area contributed by atoms with Crippen LogP contribution < -0.4 is 0 Å². The van der Waals surface area contributed by atoms with Gasteiger partial charge in [-0.2, -0.15) is 0 Å². The van der Waals surface area contributed by atoms with E-state index >= 15 is 0 Å². The first-order chi connectivity index (χ1) is 7.43. The third kappa shape index (κ3) is 11.4. The zero-order chi connectivity index (χ0) is 11.9. The van der Waals surface area contributed by atoms with Gasteiger partial charge < -0.3 is 0 Å². The van der Waals surface area contributed by atoms with Gasteiger partial charge in [-0.3, -0.25) is 0 Å². The van der Waals surface area contributed by atoms with Crippen LogP contribution >= 0.6 is 0 Å². The number of rotatable bonds is 4. The van der Waals surface area contributed by atoms with E-state index in [4.69, 9.17) is 0 Å². The molecule has 0 saturated carbocycles. The van der Waals surface area contributed by atoms with Crippen molar-refractivity contribution in [3.63, 3.8) is 0 Å². The molecule has 0 unspecified atom stereocenters. The quantitative estimate of drug-likeness (QED) is 0.507. The van der Waals surface area contributed by atoms with E-state index in [0.717, 1.165) is 0 Å². The third-order valence-electron chi connectivity index (χ3n) is 2.20. The molecule has 1 aliphatic carbocycles. The summed E-state index contributed by atoms with van der Waals surface area (Å²) in [4.78, 5) is 0. The number of hydrogen-bond donors (Lipinski definition) is 0. The van der Waals surface area contributed by atoms with Crippen molar-refractivity contribution in [2.45, 2.75) is 73.1 Å². The fourth-order valence-electron chi connectivity index (χ4n) is 1.46. The monoisotopic (exact) mass is 210 g/mol. The Morgan fingerprint density at radius 2 is 1.73 bits per heavy atom. The Hall–Kier alpha value is -0.520. The van der Waals surface area contributed by atoms with Gasteiger partial charge in [0.25, 0.3) is 0 Å². The van der Waals surface area contributed by atoms with E-state index in [9.17, 15) is 0 Å². The summed E-state index contributed by atoms with van der Waals surface area (Å²) in [6.45, 7) is 10.3. The molecular formula is C15H30. The molecule has 0 spiro atoms. The summed E-state index contributed by atoms with van der Waals surface area (Å²) in [5.41, 5.74) is 1.65. The minimum atomic E-state index is 1.26. The predicted molar refractivity (Wildman–Crippen MR) is 73.3 cm³/mol. The minimum Gasteiger partial charge on any atom is -0.0842 e. The SMILES string of the molecule is CC.CC.CCCCCC1=CC=CCC1. The summed E-state index contributed by atoms with van der Waals surface area (Å²) in [7, 11) is 0. The zero-order valence-corrected chi connectivity index (χ0v) is 11.5. The first kappa shape index (κ1) is 16.9. The highest BCUT2D eigenvalue weighted by Crippen LogP contribution is 2.17. The minimum absolute atomic E-state index is 1.26. The molecule has 0 nitrogen and oxygen atoms in total. The van der Waals surface area contributed by atoms with Crippen molar-refractivity contribution >= 4 is 0 Å². The Morgan fingerprint density at radius 1 is 1.07 bits per heavy atom. The van der Waals surface area contributed by atoms with Crippen LogP contribution in [0.3, 0.4) is 0 Å². The Kier molecular flexibility index (Phi) is 17.9. The second-order valence-electron chi connectivity index (χ2n) is 3.25. The summed E-state index contributed by atoms with van der Waals surface area (Å²) in [6, 6.07) is 0. The Labute approximate surface area is 97.5 Å². The van der Waals surface area contributed by atoms with Gasteiger partial charge in [0.15, 0.2) is 0 Å². The van der Waals surface area contributed by atoms with E-state index in [-0.39, 0.29) is 0 Å². The van der Waals surface area contributed by atoms with Crippen LogP contribution in [0.15, 0.2) is 23.8 Å². The number of allylic oxidation sites excluding steroid dienone is 4. The van der Waals surface area contributed by atoms with Gasteiger partial charge in [0.1, 0.15) is 0 Å². The highest BCUT2D eigenvalue weighted by Gasteiger charge is 1.98. The van der Waals surface area contributed by atoms with Crippen molar-refractivity contribution in [1.82, 2.24) is 0 Å². The van der Waals surface area contributed by atoms with E-state index < -0.39 is 0 Å². The second-order valence-corrected chi connectivity index (χ2v) is 3.25. The van der Waals surface area contributed by atoms with Gasteiger partial charge in [-0.25, -0.2) is 0 Å². The summed E-state index contributed by atoms with van der Waals surface area (Å²) < 4.78 is 0. The average molecular weight is 210 g/mol. The van der Waals surface area contributed by atoms with Crippen molar-refractivity contribution in [3.8, 4) is 0 Å². The maximum absolute atomic E-state index is 2.29. The molecule has 1 rings (SSSR count). The van der Waals surface area contributed by atoms with Crippen LogP contribution in [0.2, 0.25) is 0 Å². The molecular weight excluding hydrogens is 180 g/mol. The molecule has 15 heavy (non-hydrogen) atoms. The lowest BCUT2D eigenvalue weighted by molar-refractivity contribution is 0.694.